The molecule has 1 saturated heterocycles. The molecule has 0 unspecified atom stereocenters. The van der Waals surface area contributed by atoms with E-state index in [1.807, 2.05) is 23.6 Å². The molecule has 2 N–H and O–H groups in total. The first-order valence-corrected chi connectivity index (χ1v) is 6.44. The number of amides is 1. The van der Waals surface area contributed by atoms with Gasteiger partial charge in [-0.25, -0.2) is 0 Å². The number of nitrogens with one attached hydrogen (secondary N) is 1. The first-order chi connectivity index (χ1) is 8.49. The Morgan fingerprint density at radius 3 is 2.56 bits per heavy atom. The maximum Gasteiger partial charge on any atom is 0.317 e. The molecule has 104 valence electrons. The molecule has 1 fully saturated rings. The molecule has 1 amide bonds. The van der Waals surface area contributed by atoms with Crippen molar-refractivity contribution >= 4 is 11.9 Å². The summed E-state index contributed by atoms with van der Waals surface area (Å²) in [6.45, 7) is 7.14. The Morgan fingerprint density at radius 1 is 1.22 bits per heavy atom. The van der Waals surface area contributed by atoms with Crippen molar-refractivity contribution in [2.24, 2.45) is 0 Å². The van der Waals surface area contributed by atoms with Gasteiger partial charge in [-0.05, 0) is 6.42 Å². The van der Waals surface area contributed by atoms with E-state index in [0.29, 0.717) is 32.2 Å². The maximum atomic E-state index is 11.9. The Hall–Kier alpha value is -1.14. The van der Waals surface area contributed by atoms with Crippen LogP contribution >= 0.6 is 0 Å². The molecule has 1 heterocycles. The van der Waals surface area contributed by atoms with Gasteiger partial charge in [0.2, 0.25) is 5.91 Å². The molecule has 0 atom stereocenters. The summed E-state index contributed by atoms with van der Waals surface area (Å²) < 4.78 is 0. The van der Waals surface area contributed by atoms with Gasteiger partial charge < -0.3 is 15.3 Å². The number of carboxylic acid groups (broad SMARTS) is 1. The highest BCUT2D eigenvalue weighted by atomic mass is 16.4. The van der Waals surface area contributed by atoms with Gasteiger partial charge in [0.05, 0.1) is 13.1 Å². The van der Waals surface area contributed by atoms with Crippen molar-refractivity contribution in [3.05, 3.63) is 0 Å². The predicted octanol–water partition coefficient (Wildman–Crippen LogP) is -0.397. The lowest BCUT2D eigenvalue weighted by Gasteiger charge is -2.22. The largest absolute Gasteiger partial charge is 0.480 e. The Labute approximate surface area is 108 Å². The van der Waals surface area contributed by atoms with Crippen LogP contribution in [0, 0.1) is 0 Å². The summed E-state index contributed by atoms with van der Waals surface area (Å²) in [7, 11) is 0. The summed E-state index contributed by atoms with van der Waals surface area (Å²) in [5.41, 5.74) is 0. The summed E-state index contributed by atoms with van der Waals surface area (Å²) >= 11 is 0. The third-order valence-electron chi connectivity index (χ3n) is 2.96. The Bertz CT molecular complexity index is 294. The van der Waals surface area contributed by atoms with E-state index >= 15 is 0 Å². The monoisotopic (exact) mass is 257 g/mol. The van der Waals surface area contributed by atoms with E-state index in [1.165, 1.54) is 0 Å². The van der Waals surface area contributed by atoms with Crippen LogP contribution in [0.3, 0.4) is 0 Å². The minimum absolute atomic E-state index is 0.0618. The van der Waals surface area contributed by atoms with Crippen LogP contribution in [0.25, 0.3) is 0 Å². The van der Waals surface area contributed by atoms with E-state index in [0.717, 1.165) is 13.0 Å². The van der Waals surface area contributed by atoms with Crippen molar-refractivity contribution in [3.63, 3.8) is 0 Å². The van der Waals surface area contributed by atoms with Gasteiger partial charge in [-0.1, -0.05) is 13.8 Å². The second-order valence-corrected chi connectivity index (χ2v) is 4.94. The van der Waals surface area contributed by atoms with E-state index in [2.05, 4.69) is 5.32 Å². The van der Waals surface area contributed by atoms with Gasteiger partial charge >= 0.3 is 5.97 Å². The number of nitrogens with zero attached hydrogens (tertiary/aromatic N) is 2. The second-order valence-electron chi connectivity index (χ2n) is 4.94. The molecule has 1 aliphatic heterocycles. The first-order valence-electron chi connectivity index (χ1n) is 6.44. The highest BCUT2D eigenvalue weighted by Crippen LogP contribution is 2.03. The minimum Gasteiger partial charge on any atom is -0.480 e. The van der Waals surface area contributed by atoms with Crippen molar-refractivity contribution in [2.45, 2.75) is 26.3 Å². The van der Waals surface area contributed by atoms with Crippen LogP contribution in [0.1, 0.15) is 20.3 Å². The molecule has 0 aliphatic carbocycles. The number of carbonyl (C=O) groups is 2. The summed E-state index contributed by atoms with van der Waals surface area (Å²) in [5.74, 6) is -0.711. The third kappa shape index (κ3) is 5.46. The average Bonchev–Trinajstić information content (AvgIpc) is 2.50. The maximum absolute atomic E-state index is 11.9. The summed E-state index contributed by atoms with van der Waals surface area (Å²) in [4.78, 5) is 26.3. The lowest BCUT2D eigenvalue weighted by Crippen LogP contribution is -2.42. The van der Waals surface area contributed by atoms with Crippen molar-refractivity contribution in [1.82, 2.24) is 15.1 Å². The van der Waals surface area contributed by atoms with Gasteiger partial charge in [0.15, 0.2) is 0 Å². The average molecular weight is 257 g/mol. The normalized spacial score (nSPS) is 17.8. The van der Waals surface area contributed by atoms with Crippen LogP contribution in [0.15, 0.2) is 0 Å². The summed E-state index contributed by atoms with van der Waals surface area (Å²) in [5, 5.41) is 11.9. The van der Waals surface area contributed by atoms with Crippen LogP contribution in [-0.2, 0) is 9.59 Å². The number of aliphatic carboxylic acids is 1. The quantitative estimate of drug-likeness (QED) is 0.701. The zero-order valence-electron chi connectivity index (χ0n) is 11.2. The van der Waals surface area contributed by atoms with Crippen molar-refractivity contribution in [3.8, 4) is 0 Å². The van der Waals surface area contributed by atoms with Crippen LogP contribution in [0.5, 0.6) is 0 Å². The SMILES string of the molecule is CC(C)NCC(=O)N1CCCN(CC(=O)O)CC1. The lowest BCUT2D eigenvalue weighted by atomic mass is 10.3. The molecule has 0 aromatic heterocycles. The smallest absolute Gasteiger partial charge is 0.317 e. The molecule has 1 aliphatic rings. The highest BCUT2D eigenvalue weighted by Gasteiger charge is 2.19. The van der Waals surface area contributed by atoms with Crippen molar-refractivity contribution in [1.29, 1.82) is 0 Å². The fraction of sp³-hybridized carbons (Fsp3) is 0.833. The molecular formula is C12H23N3O3. The molecule has 1 rings (SSSR count). The summed E-state index contributed by atoms with van der Waals surface area (Å²) in [6, 6.07) is 0.296. The zero-order valence-corrected chi connectivity index (χ0v) is 11.2. The molecule has 18 heavy (non-hydrogen) atoms. The van der Waals surface area contributed by atoms with E-state index in [-0.39, 0.29) is 12.5 Å². The van der Waals surface area contributed by atoms with Crippen LogP contribution < -0.4 is 5.32 Å². The van der Waals surface area contributed by atoms with Gasteiger partial charge in [0, 0.05) is 32.2 Å². The third-order valence-corrected chi connectivity index (χ3v) is 2.96. The van der Waals surface area contributed by atoms with E-state index in [4.69, 9.17) is 5.11 Å². The van der Waals surface area contributed by atoms with Gasteiger partial charge in [0.25, 0.3) is 0 Å². The fourth-order valence-corrected chi connectivity index (χ4v) is 1.97. The number of carboxylic acids is 1. The molecule has 0 spiro atoms. The minimum atomic E-state index is -0.809. The van der Waals surface area contributed by atoms with Crippen LogP contribution in [0.4, 0.5) is 0 Å². The Morgan fingerprint density at radius 2 is 1.94 bits per heavy atom. The molecule has 0 saturated carbocycles. The van der Waals surface area contributed by atoms with E-state index in [1.54, 1.807) is 0 Å². The molecule has 0 bridgehead atoms. The summed E-state index contributed by atoms with van der Waals surface area (Å²) in [6.07, 6.45) is 0.834. The molecule has 0 aromatic carbocycles. The van der Waals surface area contributed by atoms with Gasteiger partial charge in [-0.15, -0.1) is 0 Å². The van der Waals surface area contributed by atoms with Crippen molar-refractivity contribution in [2.75, 3.05) is 39.3 Å². The highest BCUT2D eigenvalue weighted by molar-refractivity contribution is 5.78. The van der Waals surface area contributed by atoms with E-state index in [9.17, 15) is 9.59 Å². The zero-order chi connectivity index (χ0) is 13.5. The molecule has 6 nitrogen and oxygen atoms in total. The number of carbonyl (C=O) groups excluding carboxylic acids is 1. The van der Waals surface area contributed by atoms with Gasteiger partial charge in [-0.2, -0.15) is 0 Å². The molecule has 6 heteroatoms. The predicted molar refractivity (Wildman–Crippen MR) is 68.4 cm³/mol. The topological polar surface area (TPSA) is 72.9 Å². The first kappa shape index (κ1) is 14.9. The van der Waals surface area contributed by atoms with Crippen LogP contribution in [0.2, 0.25) is 0 Å². The fourth-order valence-electron chi connectivity index (χ4n) is 1.97. The molecule has 0 radical (unpaired) electrons. The number of hydrogen-bond donors (Lipinski definition) is 2. The van der Waals surface area contributed by atoms with Gasteiger partial charge in [-0.3, -0.25) is 14.5 Å². The van der Waals surface area contributed by atoms with Crippen LogP contribution in [-0.4, -0.2) is 72.1 Å². The Kier molecular flexibility index (Phi) is 6.07. The standard InChI is InChI=1S/C12H23N3O3/c1-10(2)13-8-11(16)15-5-3-4-14(6-7-15)9-12(17)18/h10,13H,3-9H2,1-2H3,(H,17,18). The number of rotatable bonds is 5. The van der Waals surface area contributed by atoms with E-state index < -0.39 is 5.97 Å². The molecular weight excluding hydrogens is 234 g/mol. The Balaban J connectivity index is 2.36. The van der Waals surface area contributed by atoms with Gasteiger partial charge in [0.1, 0.15) is 0 Å². The lowest BCUT2D eigenvalue weighted by molar-refractivity contribution is -0.138. The number of hydrogen-bond acceptors (Lipinski definition) is 4. The molecule has 0 aromatic rings. The van der Waals surface area contributed by atoms with Crippen molar-refractivity contribution < 1.29 is 14.7 Å². The second kappa shape index (κ2) is 7.33.